The summed E-state index contributed by atoms with van der Waals surface area (Å²) in [6, 6.07) is 11.1. The van der Waals surface area contributed by atoms with Crippen molar-refractivity contribution in [3.63, 3.8) is 0 Å². The number of carbonyl (C=O) groups excluding carboxylic acids is 2. The van der Waals surface area contributed by atoms with Gasteiger partial charge >= 0.3 is 5.97 Å². The van der Waals surface area contributed by atoms with Crippen molar-refractivity contribution in [1.82, 2.24) is 4.90 Å². The molecule has 0 saturated carbocycles. The van der Waals surface area contributed by atoms with Crippen molar-refractivity contribution in [3.05, 3.63) is 59.2 Å². The second-order valence-corrected chi connectivity index (χ2v) is 6.03. The van der Waals surface area contributed by atoms with E-state index in [2.05, 4.69) is 5.32 Å². The molecule has 0 bridgehead atoms. The highest BCUT2D eigenvalue weighted by Crippen LogP contribution is 2.27. The largest absolute Gasteiger partial charge is 0.492 e. The molecule has 0 spiro atoms. The highest BCUT2D eigenvalue weighted by atomic mass is 16.5. The van der Waals surface area contributed by atoms with Crippen molar-refractivity contribution in [1.29, 1.82) is 0 Å². The van der Waals surface area contributed by atoms with E-state index in [4.69, 9.17) is 4.74 Å². The first-order valence-corrected chi connectivity index (χ1v) is 8.43. The fraction of sp³-hybridized carbons (Fsp3) is 0.250. The number of nitrogens with one attached hydrogen (secondary N) is 1. The van der Waals surface area contributed by atoms with E-state index in [1.807, 2.05) is 0 Å². The molecular weight excluding hydrogens is 348 g/mol. The quantitative estimate of drug-likeness (QED) is 0.781. The average Bonchev–Trinajstić information content (AvgIpc) is 2.62. The number of carbonyl (C=O) groups is 3. The molecule has 2 aromatic carbocycles. The zero-order chi connectivity index (χ0) is 20.0. The number of carboxylic acid groups (broad SMARTS) is 1. The van der Waals surface area contributed by atoms with Gasteiger partial charge in [0.05, 0.1) is 24.3 Å². The van der Waals surface area contributed by atoms with Crippen LogP contribution in [0.4, 0.5) is 5.69 Å². The van der Waals surface area contributed by atoms with Gasteiger partial charge in [-0.2, -0.15) is 0 Å². The van der Waals surface area contributed by atoms with E-state index in [0.29, 0.717) is 29.2 Å². The number of anilines is 1. The number of benzene rings is 2. The number of hydrogen-bond donors (Lipinski definition) is 2. The van der Waals surface area contributed by atoms with Gasteiger partial charge in [-0.25, -0.2) is 4.79 Å². The summed E-state index contributed by atoms with van der Waals surface area (Å²) in [6.07, 6.45) is -0.0909. The summed E-state index contributed by atoms with van der Waals surface area (Å²) < 4.78 is 5.54. The molecule has 0 radical (unpaired) electrons. The van der Waals surface area contributed by atoms with Gasteiger partial charge in [-0.1, -0.05) is 18.2 Å². The van der Waals surface area contributed by atoms with Gasteiger partial charge in [0.15, 0.2) is 0 Å². The molecule has 7 heteroatoms. The van der Waals surface area contributed by atoms with Gasteiger partial charge in [-0.3, -0.25) is 9.59 Å². The number of ether oxygens (including phenoxy) is 1. The Bertz CT molecular complexity index is 861. The lowest BCUT2D eigenvalue weighted by molar-refractivity contribution is -0.115. The number of rotatable bonds is 7. The number of carboxylic acids is 1. The molecule has 0 aliphatic rings. The number of aromatic carboxylic acids is 1. The van der Waals surface area contributed by atoms with Crippen LogP contribution < -0.4 is 10.1 Å². The Morgan fingerprint density at radius 1 is 1.11 bits per heavy atom. The summed E-state index contributed by atoms with van der Waals surface area (Å²) in [4.78, 5) is 37.2. The van der Waals surface area contributed by atoms with Crippen molar-refractivity contribution >= 4 is 23.5 Å². The second kappa shape index (κ2) is 8.84. The molecule has 0 saturated heterocycles. The van der Waals surface area contributed by atoms with E-state index >= 15 is 0 Å². The summed E-state index contributed by atoms with van der Waals surface area (Å²) in [5.41, 5.74) is 1.37. The predicted octanol–water partition coefficient (Wildman–Crippen LogP) is 2.67. The standard InChI is InChI=1S/C20H22N2O5/c1-4-27-17-11-14(19(24)22(2)3)9-10-16(17)21-18(23)12-13-7-5-6-8-15(13)20(25)26/h5-11H,4,12H2,1-3H3,(H,21,23)(H,25,26). The molecule has 0 fully saturated rings. The molecule has 0 aromatic heterocycles. The summed E-state index contributed by atoms with van der Waals surface area (Å²) in [7, 11) is 3.30. The van der Waals surface area contributed by atoms with Gasteiger partial charge in [-0.05, 0) is 36.8 Å². The van der Waals surface area contributed by atoms with E-state index in [1.165, 1.54) is 11.0 Å². The molecule has 0 aliphatic heterocycles. The van der Waals surface area contributed by atoms with E-state index in [9.17, 15) is 19.5 Å². The molecule has 7 nitrogen and oxygen atoms in total. The minimum absolute atomic E-state index is 0.0876. The second-order valence-electron chi connectivity index (χ2n) is 6.03. The van der Waals surface area contributed by atoms with Crippen molar-refractivity contribution < 1.29 is 24.2 Å². The molecule has 0 unspecified atom stereocenters. The first-order chi connectivity index (χ1) is 12.8. The summed E-state index contributed by atoms with van der Waals surface area (Å²) in [6.45, 7) is 2.17. The zero-order valence-electron chi connectivity index (χ0n) is 15.5. The van der Waals surface area contributed by atoms with Crippen molar-refractivity contribution in [3.8, 4) is 5.75 Å². The maximum absolute atomic E-state index is 12.4. The highest BCUT2D eigenvalue weighted by Gasteiger charge is 2.16. The predicted molar refractivity (Wildman–Crippen MR) is 101 cm³/mol. The van der Waals surface area contributed by atoms with Crippen LogP contribution in [-0.2, 0) is 11.2 Å². The van der Waals surface area contributed by atoms with Crippen LogP contribution in [0.2, 0.25) is 0 Å². The van der Waals surface area contributed by atoms with Crippen molar-refractivity contribution in [2.45, 2.75) is 13.3 Å². The normalized spacial score (nSPS) is 10.2. The Kier molecular flexibility index (Phi) is 6.54. The van der Waals surface area contributed by atoms with Crippen LogP contribution in [-0.4, -0.2) is 48.5 Å². The summed E-state index contributed by atoms with van der Waals surface area (Å²) >= 11 is 0. The van der Waals surface area contributed by atoms with Crippen molar-refractivity contribution in [2.75, 3.05) is 26.0 Å². The van der Waals surface area contributed by atoms with Gasteiger partial charge in [-0.15, -0.1) is 0 Å². The van der Waals surface area contributed by atoms with Crippen LogP contribution in [0.5, 0.6) is 5.75 Å². The van der Waals surface area contributed by atoms with E-state index in [1.54, 1.807) is 57.4 Å². The van der Waals surface area contributed by atoms with Gasteiger partial charge in [0.1, 0.15) is 5.75 Å². The van der Waals surface area contributed by atoms with Crippen LogP contribution >= 0.6 is 0 Å². The third-order valence-corrected chi connectivity index (χ3v) is 3.81. The first-order valence-electron chi connectivity index (χ1n) is 8.43. The lowest BCUT2D eigenvalue weighted by Gasteiger charge is -2.15. The van der Waals surface area contributed by atoms with Crippen molar-refractivity contribution in [2.24, 2.45) is 0 Å². The van der Waals surface area contributed by atoms with Gasteiger partial charge in [0.25, 0.3) is 5.91 Å². The zero-order valence-corrected chi connectivity index (χ0v) is 15.5. The van der Waals surface area contributed by atoms with Crippen LogP contribution in [0.1, 0.15) is 33.2 Å². The smallest absolute Gasteiger partial charge is 0.335 e. The Morgan fingerprint density at radius 3 is 2.44 bits per heavy atom. The lowest BCUT2D eigenvalue weighted by atomic mass is 10.0. The molecule has 2 aromatic rings. The Morgan fingerprint density at radius 2 is 1.81 bits per heavy atom. The molecule has 2 N–H and O–H groups in total. The summed E-state index contributed by atoms with van der Waals surface area (Å²) in [5.74, 6) is -1.26. The maximum Gasteiger partial charge on any atom is 0.335 e. The van der Waals surface area contributed by atoms with Crippen LogP contribution in [0.15, 0.2) is 42.5 Å². The molecule has 0 heterocycles. The Hall–Kier alpha value is -3.35. The fourth-order valence-corrected chi connectivity index (χ4v) is 2.54. The van der Waals surface area contributed by atoms with E-state index in [0.717, 1.165) is 0 Å². The monoisotopic (exact) mass is 370 g/mol. The number of hydrogen-bond acceptors (Lipinski definition) is 4. The van der Waals surface area contributed by atoms with Gasteiger partial charge in [0.2, 0.25) is 5.91 Å². The molecule has 142 valence electrons. The molecular formula is C20H22N2O5. The molecule has 0 aliphatic carbocycles. The van der Waals surface area contributed by atoms with Gasteiger partial charge in [0, 0.05) is 19.7 Å². The molecule has 2 amide bonds. The third kappa shape index (κ3) is 5.07. The molecule has 0 atom stereocenters. The SMILES string of the molecule is CCOc1cc(C(=O)N(C)C)ccc1NC(=O)Cc1ccccc1C(=O)O. The minimum atomic E-state index is -1.08. The third-order valence-electron chi connectivity index (χ3n) is 3.81. The topological polar surface area (TPSA) is 95.9 Å². The summed E-state index contributed by atoms with van der Waals surface area (Å²) in [5, 5.41) is 11.9. The number of amides is 2. The molecule has 27 heavy (non-hydrogen) atoms. The molecule has 2 rings (SSSR count). The minimum Gasteiger partial charge on any atom is -0.492 e. The lowest BCUT2D eigenvalue weighted by Crippen LogP contribution is -2.22. The Labute approximate surface area is 157 Å². The first kappa shape index (κ1) is 20.0. The highest BCUT2D eigenvalue weighted by molar-refractivity contribution is 5.98. The van der Waals surface area contributed by atoms with E-state index in [-0.39, 0.29) is 23.8 Å². The average molecular weight is 370 g/mol. The van der Waals surface area contributed by atoms with Crippen LogP contribution in [0.25, 0.3) is 0 Å². The van der Waals surface area contributed by atoms with Gasteiger partial charge < -0.3 is 20.1 Å². The van der Waals surface area contributed by atoms with Crippen LogP contribution in [0, 0.1) is 0 Å². The fourth-order valence-electron chi connectivity index (χ4n) is 2.54. The van der Waals surface area contributed by atoms with Crippen LogP contribution in [0.3, 0.4) is 0 Å². The Balaban J connectivity index is 2.22. The maximum atomic E-state index is 12.4. The van der Waals surface area contributed by atoms with E-state index < -0.39 is 5.97 Å². The number of nitrogens with zero attached hydrogens (tertiary/aromatic N) is 1.